The van der Waals surface area contributed by atoms with Gasteiger partial charge >= 0.3 is 0 Å². The standard InChI is InChI=1S/C16H21NO2/c1-16(2,3)13-10-12(14-6-5-9-17-14)7-8-15(13)19-11-18-4/h5-10,17H,11H2,1-4H3. The molecule has 2 rings (SSSR count). The molecule has 19 heavy (non-hydrogen) atoms. The van der Waals surface area contributed by atoms with Gasteiger partial charge in [-0.2, -0.15) is 0 Å². The van der Waals surface area contributed by atoms with Gasteiger partial charge in [0.2, 0.25) is 0 Å². The van der Waals surface area contributed by atoms with Crippen LogP contribution in [0.3, 0.4) is 0 Å². The SMILES string of the molecule is COCOc1ccc(-c2ccc[nH]2)cc1C(C)(C)C. The summed E-state index contributed by atoms with van der Waals surface area (Å²) in [6, 6.07) is 10.3. The minimum atomic E-state index is 0.0195. The number of aromatic nitrogens is 1. The first-order valence-electron chi connectivity index (χ1n) is 6.42. The van der Waals surface area contributed by atoms with Gasteiger partial charge in [-0.3, -0.25) is 0 Å². The number of aromatic amines is 1. The number of ether oxygens (including phenoxy) is 2. The van der Waals surface area contributed by atoms with Crippen molar-refractivity contribution < 1.29 is 9.47 Å². The van der Waals surface area contributed by atoms with Gasteiger partial charge in [0.05, 0.1) is 0 Å². The van der Waals surface area contributed by atoms with Crippen LogP contribution >= 0.6 is 0 Å². The van der Waals surface area contributed by atoms with Gasteiger partial charge in [-0.25, -0.2) is 0 Å². The average molecular weight is 259 g/mol. The second-order valence-electron chi connectivity index (χ2n) is 5.60. The quantitative estimate of drug-likeness (QED) is 0.843. The van der Waals surface area contributed by atoms with Crippen LogP contribution in [0, 0.1) is 0 Å². The molecule has 0 radical (unpaired) electrons. The van der Waals surface area contributed by atoms with Crippen LogP contribution in [-0.4, -0.2) is 18.9 Å². The number of methoxy groups -OCH3 is 1. The van der Waals surface area contributed by atoms with Gasteiger partial charge in [0.25, 0.3) is 0 Å². The van der Waals surface area contributed by atoms with Gasteiger partial charge in [0, 0.05) is 24.6 Å². The summed E-state index contributed by atoms with van der Waals surface area (Å²) in [5, 5.41) is 0. The fourth-order valence-electron chi connectivity index (χ4n) is 2.04. The zero-order valence-corrected chi connectivity index (χ0v) is 12.0. The fraction of sp³-hybridized carbons (Fsp3) is 0.375. The van der Waals surface area contributed by atoms with Crippen molar-refractivity contribution in [3.8, 4) is 17.0 Å². The van der Waals surface area contributed by atoms with E-state index in [4.69, 9.17) is 9.47 Å². The van der Waals surface area contributed by atoms with Crippen LogP contribution in [0.1, 0.15) is 26.3 Å². The van der Waals surface area contributed by atoms with E-state index in [1.807, 2.05) is 18.3 Å². The Kier molecular flexibility index (Phi) is 3.96. The zero-order chi connectivity index (χ0) is 13.9. The Balaban J connectivity index is 2.42. The molecule has 102 valence electrons. The molecule has 0 fully saturated rings. The predicted molar refractivity (Wildman–Crippen MR) is 77.4 cm³/mol. The monoisotopic (exact) mass is 259 g/mol. The smallest absolute Gasteiger partial charge is 0.188 e. The van der Waals surface area contributed by atoms with Crippen molar-refractivity contribution in [1.82, 2.24) is 4.98 Å². The highest BCUT2D eigenvalue weighted by Gasteiger charge is 2.20. The molecule has 0 aliphatic rings. The topological polar surface area (TPSA) is 34.2 Å². The Labute approximate surface area is 114 Å². The van der Waals surface area contributed by atoms with Crippen molar-refractivity contribution in [3.05, 3.63) is 42.1 Å². The molecule has 1 aromatic heterocycles. The molecule has 3 nitrogen and oxygen atoms in total. The molecule has 0 saturated carbocycles. The second kappa shape index (κ2) is 5.49. The fourth-order valence-corrected chi connectivity index (χ4v) is 2.04. The Hall–Kier alpha value is -1.74. The van der Waals surface area contributed by atoms with E-state index < -0.39 is 0 Å². The van der Waals surface area contributed by atoms with Crippen molar-refractivity contribution >= 4 is 0 Å². The molecule has 1 N–H and O–H groups in total. The Bertz CT molecular complexity index is 524. The highest BCUT2D eigenvalue weighted by Crippen LogP contribution is 2.34. The molecule has 0 aliphatic heterocycles. The molecule has 0 amide bonds. The maximum absolute atomic E-state index is 5.65. The molecule has 0 aliphatic carbocycles. The lowest BCUT2D eigenvalue weighted by Gasteiger charge is -2.23. The first-order chi connectivity index (χ1) is 9.02. The van der Waals surface area contributed by atoms with Crippen molar-refractivity contribution in [2.75, 3.05) is 13.9 Å². The molecular formula is C16H21NO2. The van der Waals surface area contributed by atoms with Gasteiger partial charge in [0.1, 0.15) is 5.75 Å². The number of rotatable bonds is 4. The van der Waals surface area contributed by atoms with E-state index in [9.17, 15) is 0 Å². The largest absolute Gasteiger partial charge is 0.467 e. The van der Waals surface area contributed by atoms with Gasteiger partial charge in [0.15, 0.2) is 6.79 Å². The molecule has 0 spiro atoms. The van der Waals surface area contributed by atoms with E-state index in [2.05, 4.69) is 44.0 Å². The minimum absolute atomic E-state index is 0.0195. The van der Waals surface area contributed by atoms with Crippen LogP contribution in [-0.2, 0) is 10.2 Å². The van der Waals surface area contributed by atoms with Crippen LogP contribution in [0.15, 0.2) is 36.5 Å². The normalized spacial score (nSPS) is 11.6. The minimum Gasteiger partial charge on any atom is -0.467 e. The molecule has 0 bridgehead atoms. The van der Waals surface area contributed by atoms with Crippen LogP contribution < -0.4 is 4.74 Å². The summed E-state index contributed by atoms with van der Waals surface area (Å²) >= 11 is 0. The third kappa shape index (κ3) is 3.18. The maximum atomic E-state index is 5.65. The summed E-state index contributed by atoms with van der Waals surface area (Å²) < 4.78 is 10.6. The Morgan fingerprint density at radius 2 is 1.95 bits per heavy atom. The lowest BCUT2D eigenvalue weighted by atomic mass is 9.85. The lowest BCUT2D eigenvalue weighted by Crippen LogP contribution is -2.14. The summed E-state index contributed by atoms with van der Waals surface area (Å²) in [4.78, 5) is 3.23. The molecule has 1 aromatic carbocycles. The van der Waals surface area contributed by atoms with Crippen molar-refractivity contribution in [3.63, 3.8) is 0 Å². The summed E-state index contributed by atoms with van der Waals surface area (Å²) in [7, 11) is 1.63. The van der Waals surface area contributed by atoms with Crippen LogP contribution in [0.2, 0.25) is 0 Å². The van der Waals surface area contributed by atoms with Gasteiger partial charge < -0.3 is 14.5 Å². The van der Waals surface area contributed by atoms with E-state index in [0.29, 0.717) is 0 Å². The summed E-state index contributed by atoms with van der Waals surface area (Å²) in [5.74, 6) is 0.879. The van der Waals surface area contributed by atoms with Gasteiger partial charge in [-0.05, 0) is 41.3 Å². The van der Waals surface area contributed by atoms with E-state index >= 15 is 0 Å². The van der Waals surface area contributed by atoms with E-state index in [1.54, 1.807) is 7.11 Å². The van der Waals surface area contributed by atoms with Crippen molar-refractivity contribution in [1.29, 1.82) is 0 Å². The molecule has 0 atom stereocenters. The summed E-state index contributed by atoms with van der Waals surface area (Å²) in [5.41, 5.74) is 3.48. The Morgan fingerprint density at radius 3 is 2.53 bits per heavy atom. The van der Waals surface area contributed by atoms with Gasteiger partial charge in [-0.15, -0.1) is 0 Å². The maximum Gasteiger partial charge on any atom is 0.188 e. The first kappa shape index (κ1) is 13.7. The summed E-state index contributed by atoms with van der Waals surface area (Å²) in [6.07, 6.45) is 1.93. The third-order valence-corrected chi connectivity index (χ3v) is 3.03. The highest BCUT2D eigenvalue weighted by atomic mass is 16.7. The van der Waals surface area contributed by atoms with Crippen LogP contribution in [0.5, 0.6) is 5.75 Å². The van der Waals surface area contributed by atoms with Crippen molar-refractivity contribution in [2.45, 2.75) is 26.2 Å². The Morgan fingerprint density at radius 1 is 1.16 bits per heavy atom. The zero-order valence-electron chi connectivity index (χ0n) is 12.0. The second-order valence-corrected chi connectivity index (χ2v) is 5.60. The van der Waals surface area contributed by atoms with Crippen molar-refractivity contribution in [2.24, 2.45) is 0 Å². The number of H-pyrrole nitrogens is 1. The van der Waals surface area contributed by atoms with E-state index in [0.717, 1.165) is 11.4 Å². The molecular weight excluding hydrogens is 238 g/mol. The summed E-state index contributed by atoms with van der Waals surface area (Å²) in [6.45, 7) is 6.81. The lowest BCUT2D eigenvalue weighted by molar-refractivity contribution is 0.0498. The number of hydrogen-bond donors (Lipinski definition) is 1. The molecule has 2 aromatic rings. The van der Waals surface area contributed by atoms with E-state index in [1.165, 1.54) is 11.1 Å². The van der Waals surface area contributed by atoms with E-state index in [-0.39, 0.29) is 12.2 Å². The molecule has 3 heteroatoms. The first-order valence-corrected chi connectivity index (χ1v) is 6.42. The number of hydrogen-bond acceptors (Lipinski definition) is 2. The van der Waals surface area contributed by atoms with Crippen LogP contribution in [0.4, 0.5) is 0 Å². The predicted octanol–water partition coefficient (Wildman–Crippen LogP) is 3.96. The molecule has 0 saturated heterocycles. The molecule has 0 unspecified atom stereocenters. The third-order valence-electron chi connectivity index (χ3n) is 3.03. The van der Waals surface area contributed by atoms with Crippen LogP contribution in [0.25, 0.3) is 11.3 Å². The molecule has 1 heterocycles. The average Bonchev–Trinajstić information content (AvgIpc) is 2.89. The number of nitrogens with one attached hydrogen (secondary N) is 1. The highest BCUT2D eigenvalue weighted by molar-refractivity contribution is 5.63. The number of benzene rings is 1. The van der Waals surface area contributed by atoms with Gasteiger partial charge in [-0.1, -0.05) is 20.8 Å².